The zero-order valence-corrected chi connectivity index (χ0v) is 22.0. The fraction of sp³-hybridized carbons (Fsp3) is 0.455. The van der Waals surface area contributed by atoms with E-state index in [-0.39, 0.29) is 92.4 Å². The Kier molecular flexibility index (Phi) is 15.7. The molecular weight excluding hydrogens is 533 g/mol. The van der Waals surface area contributed by atoms with Crippen LogP contribution < -0.4 is 106 Å². The third-order valence-corrected chi connectivity index (χ3v) is 7.67. The Hall–Kier alpha value is 0.900. The van der Waals surface area contributed by atoms with Crippen molar-refractivity contribution in [3.63, 3.8) is 0 Å². The van der Waals surface area contributed by atoms with E-state index in [2.05, 4.69) is 23.1 Å². The van der Waals surface area contributed by atoms with Crippen LogP contribution in [0.2, 0.25) is 0 Å². The smallest absolute Gasteiger partial charge is 0.790 e. The van der Waals surface area contributed by atoms with E-state index in [4.69, 9.17) is 10.5 Å². The molecule has 0 amide bonds. The minimum absolute atomic E-state index is 0. The molecule has 1 fully saturated rings. The predicted octanol–water partition coefficient (Wildman–Crippen LogP) is -16.2. The standard InChI is InChI=1S/C11H17N4O14P3.4Li/c12-11-13-8-4(9(18)14-11)1-2-15(8)10-7(17)6(16)5(27-10)3-26-31(22,23)29-32(24,25)28-30(19,20)21;;;;/h1-2,5-7,10,16-17H,3H2,(H,22,23)(H,24,25)(H2,19,20,21)(H3,12,13,14,18);;;;/q;4*+1/p-4/t5-,6?,7+,10-;;;;/m1..../s1. The Balaban J connectivity index is 0. The predicted molar refractivity (Wildman–Crippen MR) is 91.6 cm³/mol. The largest absolute Gasteiger partial charge is 1.00 e. The topological polar surface area (TPSA) is 298 Å². The second-order valence-corrected chi connectivity index (χ2v) is 10.5. The summed E-state index contributed by atoms with van der Waals surface area (Å²) in [5.74, 6) is -0.259. The van der Waals surface area contributed by atoms with Crippen molar-refractivity contribution in [2.24, 2.45) is 0 Å². The van der Waals surface area contributed by atoms with Crippen molar-refractivity contribution in [2.45, 2.75) is 24.5 Å². The number of hydrogen-bond donors (Lipinski definition) is 4. The van der Waals surface area contributed by atoms with E-state index >= 15 is 0 Å². The van der Waals surface area contributed by atoms with Crippen molar-refractivity contribution in [1.82, 2.24) is 14.5 Å². The number of ether oxygens (including phenoxy) is 1. The molecule has 1 aliphatic heterocycles. The summed E-state index contributed by atoms with van der Waals surface area (Å²) in [7, 11) is -18.1. The van der Waals surface area contributed by atoms with Gasteiger partial charge < -0.3 is 53.9 Å². The van der Waals surface area contributed by atoms with Gasteiger partial charge in [-0.2, -0.15) is 4.98 Å². The van der Waals surface area contributed by atoms with E-state index in [0.717, 1.165) is 4.57 Å². The average Bonchev–Trinajstić information content (AvgIpc) is 3.12. The molecule has 0 spiro atoms. The Morgan fingerprint density at radius 2 is 1.64 bits per heavy atom. The summed E-state index contributed by atoms with van der Waals surface area (Å²) in [6.07, 6.45) is -5.20. The van der Waals surface area contributed by atoms with Gasteiger partial charge in [0.05, 0.1) is 19.8 Å². The number of nitrogens with two attached hydrogens (primary N) is 1. The van der Waals surface area contributed by atoms with Crippen molar-refractivity contribution in [3.05, 3.63) is 22.6 Å². The summed E-state index contributed by atoms with van der Waals surface area (Å²) in [4.78, 5) is 61.4. The first kappa shape index (κ1) is 39.0. The molecule has 18 nitrogen and oxygen atoms in total. The van der Waals surface area contributed by atoms with Crippen molar-refractivity contribution < 1.29 is 137 Å². The molecule has 2 aromatic heterocycles. The van der Waals surface area contributed by atoms with Crippen molar-refractivity contribution in [2.75, 3.05) is 12.3 Å². The molecule has 1 saturated heterocycles. The molecule has 1 aliphatic rings. The van der Waals surface area contributed by atoms with E-state index in [1.54, 1.807) is 0 Å². The van der Waals surface area contributed by atoms with Gasteiger partial charge in [-0.3, -0.25) is 23.2 Å². The molecule has 0 aromatic carbocycles. The Morgan fingerprint density at radius 3 is 2.19 bits per heavy atom. The fourth-order valence-corrected chi connectivity index (χ4v) is 5.68. The molecule has 3 heterocycles. The number of H-pyrrole nitrogens is 1. The number of nitrogens with zero attached hydrogens (tertiary/aromatic N) is 2. The summed E-state index contributed by atoms with van der Waals surface area (Å²) < 4.78 is 50.2. The van der Waals surface area contributed by atoms with Crippen LogP contribution in [0.5, 0.6) is 0 Å². The van der Waals surface area contributed by atoms with Crippen LogP contribution in [0.3, 0.4) is 0 Å². The average molecular weight is 546 g/mol. The normalized spacial score (nSPS) is 24.8. The molecule has 36 heavy (non-hydrogen) atoms. The number of aromatic nitrogens is 3. The summed E-state index contributed by atoms with van der Waals surface area (Å²) in [6, 6.07) is 1.31. The molecule has 0 aliphatic carbocycles. The number of nitrogen functional groups attached to an aromatic ring is 1. The van der Waals surface area contributed by atoms with Gasteiger partial charge in [0, 0.05) is 6.20 Å². The Labute approximate surface area is 249 Å². The number of phosphoric ester groups is 1. The van der Waals surface area contributed by atoms with Crippen molar-refractivity contribution >= 4 is 40.4 Å². The van der Waals surface area contributed by atoms with Gasteiger partial charge in [0.25, 0.3) is 21.2 Å². The molecular formula is C11H13Li4N4O14P3. The third kappa shape index (κ3) is 9.82. The molecule has 3 unspecified atom stereocenters. The van der Waals surface area contributed by atoms with E-state index in [1.165, 1.54) is 12.3 Å². The summed E-state index contributed by atoms with van der Waals surface area (Å²) in [5.41, 5.74) is 4.84. The van der Waals surface area contributed by atoms with Gasteiger partial charge in [-0.1, -0.05) is 0 Å². The molecule has 180 valence electrons. The number of anilines is 1. The number of phosphoric acid groups is 3. The molecule has 0 saturated carbocycles. The molecule has 0 radical (unpaired) electrons. The zero-order valence-electron chi connectivity index (χ0n) is 19.3. The van der Waals surface area contributed by atoms with E-state index in [1.807, 2.05) is 0 Å². The van der Waals surface area contributed by atoms with Crippen LogP contribution in [0.25, 0.3) is 11.0 Å². The molecule has 2 aromatic rings. The van der Waals surface area contributed by atoms with Gasteiger partial charge >= 0.3 is 75.4 Å². The summed E-state index contributed by atoms with van der Waals surface area (Å²) in [5, 5.41) is 20.4. The number of aromatic amines is 1. The molecule has 6 atom stereocenters. The minimum atomic E-state index is -6.16. The SMILES string of the molecule is Nc1nc2c(ccn2[C@@H]2O[C@H](COP(=O)([O-])OP(=O)([O-])OP(=O)([O-])[O-])C(O)[C@@H]2O)c(=O)[nH]1.[Li+].[Li+].[Li+].[Li+]. The van der Waals surface area contributed by atoms with Crippen LogP contribution >= 0.6 is 23.5 Å². The Bertz CT molecular complexity index is 1220. The second-order valence-electron chi connectivity index (χ2n) is 6.26. The molecule has 25 heteroatoms. The minimum Gasteiger partial charge on any atom is -0.790 e. The van der Waals surface area contributed by atoms with Gasteiger partial charge in [0.2, 0.25) is 5.95 Å². The van der Waals surface area contributed by atoms with Crippen LogP contribution in [-0.2, 0) is 31.6 Å². The fourth-order valence-electron chi connectivity index (χ4n) is 2.81. The Morgan fingerprint density at radius 1 is 1.06 bits per heavy atom. The second kappa shape index (κ2) is 14.5. The number of hydrogen-bond acceptors (Lipinski definition) is 16. The maximum atomic E-state index is 11.9. The zero-order chi connectivity index (χ0) is 24.1. The van der Waals surface area contributed by atoms with Gasteiger partial charge in [0.15, 0.2) is 11.9 Å². The third-order valence-electron chi connectivity index (χ3n) is 4.01. The summed E-state index contributed by atoms with van der Waals surface area (Å²) >= 11 is 0. The maximum absolute atomic E-state index is 11.9. The molecule has 0 bridgehead atoms. The number of aliphatic hydroxyl groups is 2. The first-order valence-corrected chi connectivity index (χ1v) is 12.6. The molecule has 5 N–H and O–H groups in total. The van der Waals surface area contributed by atoms with Gasteiger partial charge in [-0.15, -0.1) is 0 Å². The van der Waals surface area contributed by atoms with E-state index < -0.39 is 60.2 Å². The van der Waals surface area contributed by atoms with Crippen LogP contribution in [0, 0.1) is 0 Å². The number of aliphatic hydroxyl groups excluding tert-OH is 2. The van der Waals surface area contributed by atoms with Gasteiger partial charge in [0.1, 0.15) is 18.3 Å². The van der Waals surface area contributed by atoms with Crippen LogP contribution in [0.4, 0.5) is 5.95 Å². The van der Waals surface area contributed by atoms with E-state index in [0.29, 0.717) is 0 Å². The van der Waals surface area contributed by atoms with Crippen molar-refractivity contribution in [1.29, 1.82) is 0 Å². The first-order valence-electron chi connectivity index (χ1n) is 8.18. The van der Waals surface area contributed by atoms with Crippen LogP contribution in [0.1, 0.15) is 6.23 Å². The van der Waals surface area contributed by atoms with Crippen LogP contribution in [0.15, 0.2) is 17.1 Å². The quantitative estimate of drug-likeness (QED) is 0.176. The van der Waals surface area contributed by atoms with Gasteiger partial charge in [-0.05, 0) is 6.07 Å². The molecule has 3 rings (SSSR count). The van der Waals surface area contributed by atoms with E-state index in [9.17, 15) is 48.3 Å². The number of nitrogens with one attached hydrogen (secondary N) is 1. The number of fused-ring (bicyclic) bond motifs is 1. The maximum Gasteiger partial charge on any atom is 1.00 e. The number of rotatable bonds is 8. The van der Waals surface area contributed by atoms with Crippen LogP contribution in [-0.4, -0.2) is 49.7 Å². The van der Waals surface area contributed by atoms with Gasteiger partial charge in [-0.25, -0.2) is 4.31 Å². The van der Waals surface area contributed by atoms with Crippen molar-refractivity contribution in [3.8, 4) is 0 Å². The first-order chi connectivity index (χ1) is 14.6. The monoisotopic (exact) mass is 546 g/mol. The summed E-state index contributed by atoms with van der Waals surface area (Å²) in [6.45, 7) is -1.11.